The molecule has 0 bridgehead atoms. The van der Waals surface area contributed by atoms with Crippen molar-refractivity contribution in [3.63, 3.8) is 0 Å². The normalized spacial score (nSPS) is 10.1. The molecule has 174 valence electrons. The summed E-state index contributed by atoms with van der Waals surface area (Å²) < 4.78 is 9.31. The minimum absolute atomic E-state index is 0. The van der Waals surface area contributed by atoms with Gasteiger partial charge in [-0.25, -0.2) is 0 Å². The fourth-order valence-corrected chi connectivity index (χ4v) is 4.01. The van der Waals surface area contributed by atoms with E-state index < -0.39 is 0 Å². The van der Waals surface area contributed by atoms with E-state index >= 15 is 0 Å². The van der Waals surface area contributed by atoms with Gasteiger partial charge < -0.3 is 9.47 Å². The van der Waals surface area contributed by atoms with E-state index in [1.807, 2.05) is 0 Å². The molecule has 3 heteroatoms. The molecule has 0 saturated heterocycles. The average molecular weight is 504 g/mol. The molecule has 0 atom stereocenters. The quantitative estimate of drug-likeness (QED) is 0.228. The maximum absolute atomic E-state index is 4.66. The first-order valence-electron chi connectivity index (χ1n) is 11.5. The van der Waals surface area contributed by atoms with Crippen molar-refractivity contribution >= 4 is 45.5 Å². The maximum Gasteiger partial charge on any atom is 2.00 e. The fourth-order valence-electron chi connectivity index (χ4n) is 4.01. The van der Waals surface area contributed by atoms with Crippen LogP contribution in [0.2, 0.25) is 0 Å². The van der Waals surface area contributed by atoms with Crippen LogP contribution in [0.5, 0.6) is 0 Å². The van der Waals surface area contributed by atoms with Crippen molar-refractivity contribution in [1.29, 1.82) is 0 Å². The van der Waals surface area contributed by atoms with Gasteiger partial charge in [-0.1, -0.05) is 94.9 Å². The van der Waals surface area contributed by atoms with Crippen molar-refractivity contribution in [3.05, 3.63) is 55.6 Å². The molecule has 0 radical (unpaired) electrons. The second kappa shape index (κ2) is 17.6. The standard InChI is InChI=1S/2C12H19.C4H10O2.Sr/c2*1-6-7-12-10(4)8(2)9(3)11(12)5;1-5-3-4-6-2;/h2*6-7H2,1-5H3;3-4H2,1-2H3;/q2*-1;;+2. The van der Waals surface area contributed by atoms with Crippen LogP contribution in [0.4, 0.5) is 0 Å². The molecule has 2 nitrogen and oxygen atoms in total. The zero-order valence-corrected chi connectivity index (χ0v) is 26.2. The van der Waals surface area contributed by atoms with Crippen molar-refractivity contribution in [3.8, 4) is 0 Å². The Morgan fingerprint density at radius 1 is 0.581 bits per heavy atom. The monoisotopic (exact) mass is 504 g/mol. The van der Waals surface area contributed by atoms with E-state index in [0.29, 0.717) is 13.2 Å². The summed E-state index contributed by atoms with van der Waals surface area (Å²) in [6.07, 6.45) is 4.99. The van der Waals surface area contributed by atoms with E-state index in [9.17, 15) is 0 Å². The zero-order chi connectivity index (χ0) is 23.4. The van der Waals surface area contributed by atoms with Crippen molar-refractivity contribution in [1.82, 2.24) is 0 Å². The Morgan fingerprint density at radius 2 is 0.871 bits per heavy atom. The van der Waals surface area contributed by atoms with Gasteiger partial charge in [-0.05, 0) is 0 Å². The molecule has 0 saturated carbocycles. The average Bonchev–Trinajstić information content (AvgIpc) is 3.03. The Balaban J connectivity index is 0. The van der Waals surface area contributed by atoms with Gasteiger partial charge in [-0.3, -0.25) is 0 Å². The molecule has 2 aromatic carbocycles. The first kappa shape index (κ1) is 33.3. The molecule has 0 aliphatic heterocycles. The van der Waals surface area contributed by atoms with Crippen LogP contribution < -0.4 is 0 Å². The zero-order valence-electron chi connectivity index (χ0n) is 22.8. The van der Waals surface area contributed by atoms with Crippen molar-refractivity contribution in [2.75, 3.05) is 27.4 Å². The summed E-state index contributed by atoms with van der Waals surface area (Å²) in [5.74, 6) is 0. The second-order valence-electron chi connectivity index (χ2n) is 8.44. The van der Waals surface area contributed by atoms with Gasteiger partial charge in [0.05, 0.1) is 13.2 Å². The summed E-state index contributed by atoms with van der Waals surface area (Å²) in [7, 11) is 3.30. The summed E-state index contributed by atoms with van der Waals surface area (Å²) in [4.78, 5) is 0. The van der Waals surface area contributed by atoms with Crippen molar-refractivity contribution in [2.45, 2.75) is 94.9 Å². The molecule has 0 aliphatic rings. The molecule has 0 unspecified atom stereocenters. The Labute approximate surface area is 231 Å². The minimum atomic E-state index is 0. The predicted molar refractivity (Wildman–Crippen MR) is 139 cm³/mol. The van der Waals surface area contributed by atoms with E-state index in [0.717, 1.165) is 0 Å². The molecule has 2 aromatic rings. The molecule has 0 amide bonds. The largest absolute Gasteiger partial charge is 2.00 e. The summed E-state index contributed by atoms with van der Waals surface area (Å²) in [6.45, 7) is 23.8. The number of hydrogen-bond donors (Lipinski definition) is 0. The van der Waals surface area contributed by atoms with Crippen LogP contribution in [-0.4, -0.2) is 72.9 Å². The van der Waals surface area contributed by atoms with E-state index in [2.05, 4.69) is 78.7 Å². The molecule has 0 fully saturated rings. The van der Waals surface area contributed by atoms with Crippen LogP contribution in [0.1, 0.15) is 82.3 Å². The summed E-state index contributed by atoms with van der Waals surface area (Å²) in [6, 6.07) is 0. The van der Waals surface area contributed by atoms with Crippen LogP contribution in [0, 0.1) is 55.4 Å². The minimum Gasteiger partial charge on any atom is -0.382 e. The van der Waals surface area contributed by atoms with Gasteiger partial charge in [-0.15, -0.1) is 0 Å². The molecule has 0 heterocycles. The molecule has 31 heavy (non-hydrogen) atoms. The number of hydrogen-bond acceptors (Lipinski definition) is 2. The van der Waals surface area contributed by atoms with Gasteiger partial charge in [0.15, 0.2) is 0 Å². The van der Waals surface area contributed by atoms with Gasteiger partial charge in [0, 0.05) is 14.2 Å². The van der Waals surface area contributed by atoms with Gasteiger partial charge in [-0.2, -0.15) is 55.6 Å². The van der Waals surface area contributed by atoms with Crippen LogP contribution in [0.15, 0.2) is 0 Å². The fraction of sp³-hybridized carbons (Fsp3) is 0.643. The first-order chi connectivity index (χ1) is 14.1. The Morgan fingerprint density at radius 3 is 1.03 bits per heavy atom. The maximum atomic E-state index is 4.66. The van der Waals surface area contributed by atoms with Gasteiger partial charge in [0.2, 0.25) is 0 Å². The van der Waals surface area contributed by atoms with E-state index in [1.54, 1.807) is 25.3 Å². The number of methoxy groups -OCH3 is 2. The number of rotatable bonds is 7. The number of ether oxygens (including phenoxy) is 2. The summed E-state index contributed by atoms with van der Waals surface area (Å²) in [5.41, 5.74) is 15.2. The van der Waals surface area contributed by atoms with E-state index in [-0.39, 0.29) is 45.5 Å². The molecule has 2 rings (SSSR count). The van der Waals surface area contributed by atoms with Crippen molar-refractivity contribution in [2.24, 2.45) is 0 Å². The van der Waals surface area contributed by atoms with E-state index in [4.69, 9.17) is 0 Å². The van der Waals surface area contributed by atoms with Gasteiger partial charge in [0.1, 0.15) is 0 Å². The summed E-state index contributed by atoms with van der Waals surface area (Å²) in [5, 5.41) is 0. The van der Waals surface area contributed by atoms with Crippen LogP contribution in [-0.2, 0) is 22.3 Å². The molecule has 0 aromatic heterocycles. The van der Waals surface area contributed by atoms with Gasteiger partial charge in [0.25, 0.3) is 0 Å². The topological polar surface area (TPSA) is 18.5 Å². The second-order valence-corrected chi connectivity index (χ2v) is 8.44. The molecule has 0 N–H and O–H groups in total. The van der Waals surface area contributed by atoms with Crippen LogP contribution in [0.25, 0.3) is 0 Å². The third kappa shape index (κ3) is 9.86. The molecule has 0 spiro atoms. The Hall–Kier alpha value is 0.101. The van der Waals surface area contributed by atoms with Crippen LogP contribution in [0.3, 0.4) is 0 Å². The molecular formula is C28H48O2Sr. The third-order valence-electron chi connectivity index (χ3n) is 6.68. The third-order valence-corrected chi connectivity index (χ3v) is 6.68. The molecular weight excluding hydrogens is 456 g/mol. The Kier molecular flexibility index (Phi) is 18.8. The first-order valence-corrected chi connectivity index (χ1v) is 11.5. The molecule has 0 aliphatic carbocycles. The van der Waals surface area contributed by atoms with E-state index in [1.165, 1.54) is 70.2 Å². The van der Waals surface area contributed by atoms with Gasteiger partial charge >= 0.3 is 45.5 Å². The van der Waals surface area contributed by atoms with Crippen molar-refractivity contribution < 1.29 is 9.47 Å². The predicted octanol–water partition coefficient (Wildman–Crippen LogP) is 7.08. The SMILES string of the molecule is CCCc1c(C)c(C)[c-](C)c1C.CCCc1c(C)c(C)[c-](C)c1C.COCCOC.[Sr+2]. The Bertz CT molecular complexity index is 635. The van der Waals surface area contributed by atoms with Crippen LogP contribution >= 0.6 is 0 Å². The smallest absolute Gasteiger partial charge is 0.382 e. The summed E-state index contributed by atoms with van der Waals surface area (Å²) >= 11 is 0.